The van der Waals surface area contributed by atoms with Crippen molar-refractivity contribution in [1.82, 2.24) is 0 Å². The van der Waals surface area contributed by atoms with Gasteiger partial charge in [0.25, 0.3) is 0 Å². The van der Waals surface area contributed by atoms with Crippen molar-refractivity contribution in [1.29, 1.82) is 0 Å². The first-order chi connectivity index (χ1) is 3.81. The Morgan fingerprint density at radius 3 is 2.33 bits per heavy atom. The second-order valence-electron chi connectivity index (χ2n) is 2.00. The molecule has 0 radical (unpaired) electrons. The van der Waals surface area contributed by atoms with Crippen LogP contribution in [0.15, 0.2) is 12.2 Å². The second-order valence-corrected chi connectivity index (χ2v) is 2.00. The van der Waals surface area contributed by atoms with Gasteiger partial charge >= 0.3 is 18.9 Å². The van der Waals surface area contributed by atoms with Crippen molar-refractivity contribution in [3.8, 4) is 0 Å². The van der Waals surface area contributed by atoms with E-state index in [1.54, 1.807) is 0 Å². The summed E-state index contributed by atoms with van der Waals surface area (Å²) in [5, 5.41) is 0. The van der Waals surface area contributed by atoms with E-state index in [-0.39, 0.29) is 18.9 Å². The van der Waals surface area contributed by atoms with Crippen LogP contribution in [0.25, 0.3) is 0 Å². The maximum absolute atomic E-state index is 3.91. The first-order valence-corrected chi connectivity index (χ1v) is 3.31. The standard InChI is InChI=1S/C8H15.Li/c1-4-6-7-8(3)5-2;/h6-8H,3-5H2,1-2H3;/q-1;+1/b7-6+;/t8-;/m1./s1. The van der Waals surface area contributed by atoms with E-state index < -0.39 is 0 Å². The summed E-state index contributed by atoms with van der Waals surface area (Å²) in [5.74, 6) is 0.523. The van der Waals surface area contributed by atoms with E-state index >= 15 is 0 Å². The Kier molecular flexibility index (Phi) is 11.2. The summed E-state index contributed by atoms with van der Waals surface area (Å²) in [7, 11) is 0. The molecule has 0 amide bonds. The number of rotatable bonds is 3. The van der Waals surface area contributed by atoms with Gasteiger partial charge in [-0.15, -0.1) is 6.08 Å². The SMILES string of the molecule is [CH2-][C@@H](/C=C/CC)CC.[Li+]. The predicted molar refractivity (Wildman–Crippen MR) is 38.6 cm³/mol. The predicted octanol–water partition coefficient (Wildman–Crippen LogP) is -0.183. The van der Waals surface area contributed by atoms with Crippen LogP contribution in [-0.2, 0) is 0 Å². The van der Waals surface area contributed by atoms with Crippen LogP contribution in [0.3, 0.4) is 0 Å². The van der Waals surface area contributed by atoms with Gasteiger partial charge in [-0.05, 0) is 6.42 Å². The van der Waals surface area contributed by atoms with Crippen molar-refractivity contribution in [3.63, 3.8) is 0 Å². The van der Waals surface area contributed by atoms with E-state index in [9.17, 15) is 0 Å². The van der Waals surface area contributed by atoms with Crippen LogP contribution in [0.2, 0.25) is 0 Å². The third kappa shape index (κ3) is 8.34. The molecule has 0 unspecified atom stereocenters. The molecule has 9 heavy (non-hydrogen) atoms. The third-order valence-electron chi connectivity index (χ3n) is 1.17. The van der Waals surface area contributed by atoms with Gasteiger partial charge in [0.15, 0.2) is 0 Å². The summed E-state index contributed by atoms with van der Waals surface area (Å²) >= 11 is 0. The minimum absolute atomic E-state index is 0. The smallest absolute Gasteiger partial charge is 0.337 e. The molecule has 1 heteroatoms. The van der Waals surface area contributed by atoms with Gasteiger partial charge in [0.05, 0.1) is 0 Å². The second kappa shape index (κ2) is 8.34. The molecule has 0 aliphatic heterocycles. The van der Waals surface area contributed by atoms with Crippen molar-refractivity contribution >= 4 is 0 Å². The number of allylic oxidation sites excluding steroid dienone is 2. The summed E-state index contributed by atoms with van der Waals surface area (Å²) in [6.45, 7) is 8.20. The topological polar surface area (TPSA) is 0 Å². The zero-order valence-corrected chi connectivity index (χ0v) is 6.85. The molecule has 48 valence electrons. The van der Waals surface area contributed by atoms with Crippen molar-refractivity contribution in [3.05, 3.63) is 19.1 Å². The summed E-state index contributed by atoms with van der Waals surface area (Å²) in [5.41, 5.74) is 0. The Morgan fingerprint density at radius 2 is 2.00 bits per heavy atom. The Hall–Kier alpha value is 0.337. The van der Waals surface area contributed by atoms with Crippen molar-refractivity contribution < 1.29 is 18.9 Å². The van der Waals surface area contributed by atoms with Crippen LogP contribution in [0, 0.1) is 12.8 Å². The van der Waals surface area contributed by atoms with Crippen molar-refractivity contribution in [2.45, 2.75) is 26.7 Å². The van der Waals surface area contributed by atoms with Gasteiger partial charge < -0.3 is 6.92 Å². The summed E-state index contributed by atoms with van der Waals surface area (Å²) < 4.78 is 0. The van der Waals surface area contributed by atoms with Gasteiger partial charge in [-0.3, -0.25) is 0 Å². The summed E-state index contributed by atoms with van der Waals surface area (Å²) in [4.78, 5) is 0. The molecule has 0 saturated carbocycles. The van der Waals surface area contributed by atoms with Crippen molar-refractivity contribution in [2.75, 3.05) is 0 Å². The zero-order chi connectivity index (χ0) is 6.41. The molecule has 0 aromatic heterocycles. The third-order valence-corrected chi connectivity index (χ3v) is 1.17. The maximum atomic E-state index is 3.91. The van der Waals surface area contributed by atoms with Crippen LogP contribution in [0.5, 0.6) is 0 Å². The Bertz CT molecular complexity index is 67.0. The molecule has 0 aliphatic rings. The van der Waals surface area contributed by atoms with E-state index in [2.05, 4.69) is 32.9 Å². The molecular weight excluding hydrogens is 103 g/mol. The Morgan fingerprint density at radius 1 is 1.44 bits per heavy atom. The van der Waals surface area contributed by atoms with Crippen LogP contribution in [0.4, 0.5) is 0 Å². The average Bonchev–Trinajstić information content (AvgIpc) is 1.83. The van der Waals surface area contributed by atoms with Crippen LogP contribution < -0.4 is 18.9 Å². The quantitative estimate of drug-likeness (QED) is 0.274. The summed E-state index contributed by atoms with van der Waals surface area (Å²) in [6.07, 6.45) is 6.61. The normalized spacial score (nSPS) is 13.2. The van der Waals surface area contributed by atoms with E-state index in [1.807, 2.05) is 0 Å². The zero-order valence-electron chi connectivity index (χ0n) is 6.85. The van der Waals surface area contributed by atoms with E-state index in [1.165, 1.54) is 0 Å². The first-order valence-electron chi connectivity index (χ1n) is 3.31. The molecule has 0 aromatic rings. The molecule has 0 spiro atoms. The minimum atomic E-state index is 0. The number of hydrogen-bond acceptors (Lipinski definition) is 0. The average molecular weight is 118 g/mol. The molecule has 0 fully saturated rings. The molecule has 0 aliphatic carbocycles. The monoisotopic (exact) mass is 118 g/mol. The summed E-state index contributed by atoms with van der Waals surface area (Å²) in [6, 6.07) is 0. The van der Waals surface area contributed by atoms with Crippen LogP contribution in [0.1, 0.15) is 26.7 Å². The van der Waals surface area contributed by atoms with E-state index in [4.69, 9.17) is 0 Å². The minimum Gasteiger partial charge on any atom is -0.337 e. The number of hydrogen-bond donors (Lipinski definition) is 0. The molecule has 0 N–H and O–H groups in total. The molecule has 0 bridgehead atoms. The maximum Gasteiger partial charge on any atom is 1.00 e. The van der Waals surface area contributed by atoms with Crippen LogP contribution >= 0.6 is 0 Å². The Balaban J connectivity index is 0. The molecule has 0 nitrogen and oxygen atoms in total. The van der Waals surface area contributed by atoms with Gasteiger partial charge in [-0.25, -0.2) is 0 Å². The van der Waals surface area contributed by atoms with Gasteiger partial charge in [-0.2, -0.15) is 5.92 Å². The van der Waals surface area contributed by atoms with Gasteiger partial charge in [-0.1, -0.05) is 26.3 Å². The van der Waals surface area contributed by atoms with E-state index in [0.29, 0.717) is 5.92 Å². The molecular formula is C8H15Li. The fraction of sp³-hybridized carbons (Fsp3) is 0.625. The van der Waals surface area contributed by atoms with Crippen LogP contribution in [-0.4, -0.2) is 0 Å². The van der Waals surface area contributed by atoms with Gasteiger partial charge in [0.2, 0.25) is 0 Å². The van der Waals surface area contributed by atoms with Gasteiger partial charge in [0.1, 0.15) is 0 Å². The largest absolute Gasteiger partial charge is 1.00 e. The first kappa shape index (κ1) is 12.1. The fourth-order valence-corrected chi connectivity index (χ4v) is 0.465. The molecule has 0 rings (SSSR count). The molecule has 0 aromatic carbocycles. The van der Waals surface area contributed by atoms with Gasteiger partial charge in [0, 0.05) is 0 Å². The molecule has 0 heterocycles. The Labute approximate surface area is 70.9 Å². The fourth-order valence-electron chi connectivity index (χ4n) is 0.465. The molecule has 0 saturated heterocycles. The van der Waals surface area contributed by atoms with Crippen molar-refractivity contribution in [2.24, 2.45) is 5.92 Å². The van der Waals surface area contributed by atoms with E-state index in [0.717, 1.165) is 12.8 Å². The molecule has 1 atom stereocenters.